The summed E-state index contributed by atoms with van der Waals surface area (Å²) < 4.78 is 5.61. The predicted octanol–water partition coefficient (Wildman–Crippen LogP) is 4.15. The molecule has 0 spiro atoms. The summed E-state index contributed by atoms with van der Waals surface area (Å²) in [6.07, 6.45) is 1.51. The molecule has 96 valence electrons. The minimum atomic E-state index is -0.0148. The van der Waals surface area contributed by atoms with Crippen molar-refractivity contribution in [1.29, 1.82) is 0 Å². The van der Waals surface area contributed by atoms with E-state index in [9.17, 15) is 4.79 Å². The number of hydrogen-bond donors (Lipinski definition) is 0. The normalized spacial score (nSPS) is 10.9. The lowest BCUT2D eigenvalue weighted by atomic mass is 10.2. The van der Waals surface area contributed by atoms with E-state index in [2.05, 4.69) is 15.9 Å². The first kappa shape index (κ1) is 13.4. The molecular formula is C13H14BrNO2S. The summed E-state index contributed by atoms with van der Waals surface area (Å²) in [5.74, 6) is -0.0148. The summed E-state index contributed by atoms with van der Waals surface area (Å²) >= 11 is 4.91. The van der Waals surface area contributed by atoms with Crippen molar-refractivity contribution < 1.29 is 9.21 Å². The number of thiophene rings is 1. The SMILES string of the molecule is CC(C)N(Cc1cccs1)C(=O)c1ccoc1Br. The molecule has 0 atom stereocenters. The zero-order chi connectivity index (χ0) is 13.1. The molecule has 2 aromatic rings. The second-order valence-corrected chi connectivity index (χ2v) is 5.97. The number of hydrogen-bond acceptors (Lipinski definition) is 3. The second kappa shape index (κ2) is 5.71. The minimum Gasteiger partial charge on any atom is -0.457 e. The lowest BCUT2D eigenvalue weighted by Crippen LogP contribution is -2.36. The highest BCUT2D eigenvalue weighted by Crippen LogP contribution is 2.22. The van der Waals surface area contributed by atoms with E-state index in [4.69, 9.17) is 4.42 Å². The van der Waals surface area contributed by atoms with E-state index in [1.54, 1.807) is 17.4 Å². The summed E-state index contributed by atoms with van der Waals surface area (Å²) in [5, 5.41) is 2.02. The Morgan fingerprint density at radius 2 is 2.28 bits per heavy atom. The first-order chi connectivity index (χ1) is 8.59. The van der Waals surface area contributed by atoms with Crippen molar-refractivity contribution >= 4 is 33.2 Å². The molecule has 0 saturated carbocycles. The lowest BCUT2D eigenvalue weighted by Gasteiger charge is -2.25. The third-order valence-corrected chi connectivity index (χ3v) is 4.11. The van der Waals surface area contributed by atoms with Crippen LogP contribution in [0, 0.1) is 0 Å². The molecule has 3 nitrogen and oxygen atoms in total. The Morgan fingerprint density at radius 3 is 2.78 bits per heavy atom. The van der Waals surface area contributed by atoms with Gasteiger partial charge in [0, 0.05) is 10.9 Å². The highest BCUT2D eigenvalue weighted by atomic mass is 79.9. The Labute approximate surface area is 119 Å². The third-order valence-electron chi connectivity index (χ3n) is 2.64. The third kappa shape index (κ3) is 2.84. The number of carbonyl (C=O) groups is 1. The van der Waals surface area contributed by atoms with Crippen LogP contribution < -0.4 is 0 Å². The average Bonchev–Trinajstić information content (AvgIpc) is 2.95. The van der Waals surface area contributed by atoms with Gasteiger partial charge in [-0.05, 0) is 47.3 Å². The highest BCUT2D eigenvalue weighted by Gasteiger charge is 2.22. The van der Waals surface area contributed by atoms with Crippen molar-refractivity contribution in [1.82, 2.24) is 4.90 Å². The quantitative estimate of drug-likeness (QED) is 0.845. The van der Waals surface area contributed by atoms with Gasteiger partial charge < -0.3 is 9.32 Å². The van der Waals surface area contributed by atoms with Gasteiger partial charge in [0.2, 0.25) is 0 Å². The van der Waals surface area contributed by atoms with Gasteiger partial charge in [-0.15, -0.1) is 11.3 Å². The van der Waals surface area contributed by atoms with Crippen LogP contribution in [0.4, 0.5) is 0 Å². The van der Waals surface area contributed by atoms with E-state index in [1.807, 2.05) is 36.3 Å². The molecule has 18 heavy (non-hydrogen) atoms. The minimum absolute atomic E-state index is 0.0148. The fourth-order valence-corrected chi connectivity index (χ4v) is 2.77. The Balaban J connectivity index is 2.20. The first-order valence-corrected chi connectivity index (χ1v) is 7.33. The molecule has 0 radical (unpaired) electrons. The van der Waals surface area contributed by atoms with Crippen LogP contribution in [-0.2, 0) is 6.54 Å². The number of amides is 1. The predicted molar refractivity (Wildman–Crippen MR) is 75.7 cm³/mol. The average molecular weight is 328 g/mol. The largest absolute Gasteiger partial charge is 0.457 e. The van der Waals surface area contributed by atoms with E-state index in [0.717, 1.165) is 0 Å². The molecule has 0 bridgehead atoms. The summed E-state index contributed by atoms with van der Waals surface area (Å²) in [4.78, 5) is 15.4. The summed E-state index contributed by atoms with van der Waals surface area (Å²) in [6.45, 7) is 4.66. The van der Waals surface area contributed by atoms with E-state index < -0.39 is 0 Å². The molecule has 0 aliphatic carbocycles. The van der Waals surface area contributed by atoms with Crippen LogP contribution in [0.15, 0.2) is 38.9 Å². The fourth-order valence-electron chi connectivity index (χ4n) is 1.66. The van der Waals surface area contributed by atoms with Crippen molar-refractivity contribution in [3.05, 3.63) is 45.0 Å². The molecule has 5 heteroatoms. The van der Waals surface area contributed by atoms with E-state index >= 15 is 0 Å². The second-order valence-electron chi connectivity index (χ2n) is 4.21. The highest BCUT2D eigenvalue weighted by molar-refractivity contribution is 9.10. The standard InChI is InChI=1S/C13H14BrNO2S/c1-9(2)15(8-10-4-3-7-18-10)13(16)11-5-6-17-12(11)14/h3-7,9H,8H2,1-2H3. The zero-order valence-corrected chi connectivity index (χ0v) is 12.6. The number of rotatable bonds is 4. The molecular weight excluding hydrogens is 314 g/mol. The van der Waals surface area contributed by atoms with Gasteiger partial charge in [0.1, 0.15) is 0 Å². The lowest BCUT2D eigenvalue weighted by molar-refractivity contribution is 0.0690. The Morgan fingerprint density at radius 1 is 1.50 bits per heavy atom. The van der Waals surface area contributed by atoms with Crippen molar-refractivity contribution in [2.24, 2.45) is 0 Å². The van der Waals surface area contributed by atoms with Gasteiger partial charge in [-0.1, -0.05) is 6.07 Å². The Kier molecular flexibility index (Phi) is 4.24. The molecule has 0 saturated heterocycles. The van der Waals surface area contributed by atoms with Gasteiger partial charge in [-0.2, -0.15) is 0 Å². The molecule has 0 aliphatic heterocycles. The van der Waals surface area contributed by atoms with Crippen molar-refractivity contribution in [3.8, 4) is 0 Å². The zero-order valence-electron chi connectivity index (χ0n) is 10.2. The van der Waals surface area contributed by atoms with Crippen LogP contribution in [0.3, 0.4) is 0 Å². The van der Waals surface area contributed by atoms with Crippen molar-refractivity contribution in [2.75, 3.05) is 0 Å². The molecule has 0 fully saturated rings. The monoisotopic (exact) mass is 327 g/mol. The van der Waals surface area contributed by atoms with Crippen molar-refractivity contribution in [3.63, 3.8) is 0 Å². The topological polar surface area (TPSA) is 33.5 Å². The van der Waals surface area contributed by atoms with Crippen LogP contribution in [0.5, 0.6) is 0 Å². The van der Waals surface area contributed by atoms with Gasteiger partial charge in [-0.3, -0.25) is 4.79 Å². The smallest absolute Gasteiger partial charge is 0.258 e. The molecule has 0 unspecified atom stereocenters. The maximum Gasteiger partial charge on any atom is 0.258 e. The van der Waals surface area contributed by atoms with Crippen LogP contribution in [0.2, 0.25) is 0 Å². The Bertz CT molecular complexity index is 519. The summed E-state index contributed by atoms with van der Waals surface area (Å²) in [5.41, 5.74) is 0.570. The molecule has 0 aromatic carbocycles. The molecule has 2 rings (SSSR count). The maximum atomic E-state index is 12.4. The van der Waals surface area contributed by atoms with Crippen LogP contribution in [0.1, 0.15) is 29.1 Å². The maximum absolute atomic E-state index is 12.4. The molecule has 2 aromatic heterocycles. The summed E-state index contributed by atoms with van der Waals surface area (Å²) in [6, 6.07) is 5.87. The van der Waals surface area contributed by atoms with Crippen molar-refractivity contribution in [2.45, 2.75) is 26.4 Å². The molecule has 0 N–H and O–H groups in total. The number of halogens is 1. The number of furan rings is 1. The summed E-state index contributed by atoms with van der Waals surface area (Å²) in [7, 11) is 0. The molecule has 2 heterocycles. The van der Waals surface area contributed by atoms with E-state index in [1.165, 1.54) is 11.1 Å². The Hall–Kier alpha value is -1.07. The number of carbonyl (C=O) groups excluding carboxylic acids is 1. The van der Waals surface area contributed by atoms with Gasteiger partial charge in [-0.25, -0.2) is 0 Å². The fraction of sp³-hybridized carbons (Fsp3) is 0.308. The van der Waals surface area contributed by atoms with E-state index in [-0.39, 0.29) is 11.9 Å². The van der Waals surface area contributed by atoms with Gasteiger partial charge in [0.25, 0.3) is 5.91 Å². The number of nitrogens with zero attached hydrogens (tertiary/aromatic N) is 1. The molecule has 0 aliphatic rings. The molecule has 1 amide bonds. The first-order valence-electron chi connectivity index (χ1n) is 5.66. The van der Waals surface area contributed by atoms with Gasteiger partial charge >= 0.3 is 0 Å². The van der Waals surface area contributed by atoms with Crippen LogP contribution >= 0.6 is 27.3 Å². The van der Waals surface area contributed by atoms with E-state index in [0.29, 0.717) is 16.8 Å². The van der Waals surface area contributed by atoms with Crippen LogP contribution in [0.25, 0.3) is 0 Å². The van der Waals surface area contributed by atoms with Gasteiger partial charge in [0.15, 0.2) is 4.67 Å². The van der Waals surface area contributed by atoms with Crippen LogP contribution in [-0.4, -0.2) is 16.8 Å². The van der Waals surface area contributed by atoms with Gasteiger partial charge in [0.05, 0.1) is 18.4 Å².